The molecule has 0 aliphatic heterocycles. The third kappa shape index (κ3) is 4.44. The molecule has 1 aliphatic carbocycles. The maximum Gasteiger partial charge on any atom is 0.233 e. The van der Waals surface area contributed by atoms with Gasteiger partial charge in [0.05, 0.1) is 5.25 Å². The van der Waals surface area contributed by atoms with Gasteiger partial charge in [-0.25, -0.2) is 0 Å². The summed E-state index contributed by atoms with van der Waals surface area (Å²) < 4.78 is 2.11. The van der Waals surface area contributed by atoms with Gasteiger partial charge in [0.2, 0.25) is 5.91 Å². The first-order chi connectivity index (χ1) is 13.7. The first kappa shape index (κ1) is 18.7. The van der Waals surface area contributed by atoms with Crippen molar-refractivity contribution in [2.24, 2.45) is 0 Å². The van der Waals surface area contributed by atoms with Crippen LogP contribution in [0, 0.1) is 0 Å². The van der Waals surface area contributed by atoms with Gasteiger partial charge in [0.25, 0.3) is 0 Å². The van der Waals surface area contributed by atoms with Crippen molar-refractivity contribution in [1.82, 2.24) is 20.1 Å². The van der Waals surface area contributed by atoms with Gasteiger partial charge < -0.3 is 5.32 Å². The highest BCUT2D eigenvalue weighted by molar-refractivity contribution is 8.00. The van der Waals surface area contributed by atoms with E-state index in [9.17, 15) is 4.79 Å². The first-order valence-corrected chi connectivity index (χ1v) is 10.6. The predicted molar refractivity (Wildman–Crippen MR) is 112 cm³/mol. The molecule has 0 bridgehead atoms. The van der Waals surface area contributed by atoms with Crippen LogP contribution in [-0.4, -0.2) is 32.5 Å². The Morgan fingerprint density at radius 3 is 2.46 bits per heavy atom. The summed E-state index contributed by atoms with van der Waals surface area (Å²) in [5, 5.41) is 12.4. The summed E-state index contributed by atoms with van der Waals surface area (Å²) in [6, 6.07) is 20.3. The number of amides is 1. The quantitative estimate of drug-likeness (QED) is 0.589. The summed E-state index contributed by atoms with van der Waals surface area (Å²) in [5.74, 6) is 1.51. The fraction of sp³-hybridized carbons (Fsp3) is 0.318. The van der Waals surface area contributed by atoms with E-state index in [-0.39, 0.29) is 11.2 Å². The molecule has 1 atom stereocenters. The SMILES string of the molecule is C[C@H](Sc1nnc(C2CC2)n1-c1ccccc1)C(=O)NCCc1ccccc1. The molecule has 1 N–H and O–H groups in total. The summed E-state index contributed by atoms with van der Waals surface area (Å²) >= 11 is 1.46. The van der Waals surface area contributed by atoms with Crippen molar-refractivity contribution >= 4 is 17.7 Å². The van der Waals surface area contributed by atoms with Crippen LogP contribution >= 0.6 is 11.8 Å². The van der Waals surface area contributed by atoms with Gasteiger partial charge in [-0.1, -0.05) is 60.3 Å². The highest BCUT2D eigenvalue weighted by atomic mass is 32.2. The van der Waals surface area contributed by atoms with E-state index in [0.29, 0.717) is 12.5 Å². The molecule has 1 heterocycles. The predicted octanol–water partition coefficient (Wildman–Crippen LogP) is 3.98. The average Bonchev–Trinajstić information content (AvgIpc) is 3.49. The van der Waals surface area contributed by atoms with Crippen molar-refractivity contribution in [2.75, 3.05) is 6.54 Å². The zero-order valence-electron chi connectivity index (χ0n) is 15.9. The Balaban J connectivity index is 1.41. The Morgan fingerprint density at radius 2 is 1.79 bits per heavy atom. The van der Waals surface area contributed by atoms with Crippen molar-refractivity contribution in [3.8, 4) is 5.69 Å². The number of carbonyl (C=O) groups excluding carboxylic acids is 1. The molecule has 6 heteroatoms. The lowest BCUT2D eigenvalue weighted by molar-refractivity contribution is -0.120. The van der Waals surface area contributed by atoms with Gasteiger partial charge in [-0.3, -0.25) is 9.36 Å². The van der Waals surface area contributed by atoms with Gasteiger partial charge in [-0.05, 0) is 43.9 Å². The van der Waals surface area contributed by atoms with Crippen LogP contribution < -0.4 is 5.32 Å². The molecule has 1 saturated carbocycles. The Kier molecular flexibility index (Phi) is 5.76. The van der Waals surface area contributed by atoms with Gasteiger partial charge in [-0.2, -0.15) is 0 Å². The van der Waals surface area contributed by atoms with Crippen LogP contribution in [0.5, 0.6) is 0 Å². The summed E-state index contributed by atoms with van der Waals surface area (Å²) in [6.45, 7) is 2.55. The highest BCUT2D eigenvalue weighted by Gasteiger charge is 2.31. The summed E-state index contributed by atoms with van der Waals surface area (Å²) in [4.78, 5) is 12.5. The number of nitrogens with one attached hydrogen (secondary N) is 1. The number of para-hydroxylation sites is 1. The summed E-state index contributed by atoms with van der Waals surface area (Å²) in [5.41, 5.74) is 2.27. The van der Waals surface area contributed by atoms with Crippen LogP contribution in [0.15, 0.2) is 65.8 Å². The normalized spacial score (nSPS) is 14.6. The molecule has 144 valence electrons. The Bertz CT molecular complexity index is 922. The number of hydrogen-bond acceptors (Lipinski definition) is 4. The molecule has 28 heavy (non-hydrogen) atoms. The van der Waals surface area contributed by atoms with Crippen LogP contribution in [0.4, 0.5) is 0 Å². The van der Waals surface area contributed by atoms with Gasteiger partial charge in [0.1, 0.15) is 5.82 Å². The molecule has 0 spiro atoms. The molecular formula is C22H24N4OS. The number of benzene rings is 2. The molecule has 4 rings (SSSR count). The second kappa shape index (κ2) is 8.61. The van der Waals surface area contributed by atoms with Crippen molar-refractivity contribution in [3.63, 3.8) is 0 Å². The molecule has 1 amide bonds. The number of aromatic nitrogens is 3. The monoisotopic (exact) mass is 392 g/mol. The number of nitrogens with zero attached hydrogens (tertiary/aromatic N) is 3. The average molecular weight is 393 g/mol. The summed E-state index contributed by atoms with van der Waals surface area (Å²) in [6.07, 6.45) is 3.15. The lowest BCUT2D eigenvalue weighted by Crippen LogP contribution is -2.32. The third-order valence-corrected chi connectivity index (χ3v) is 5.87. The van der Waals surface area contributed by atoms with E-state index in [0.717, 1.165) is 35.9 Å². The van der Waals surface area contributed by atoms with E-state index in [1.54, 1.807) is 0 Å². The van der Waals surface area contributed by atoms with Crippen molar-refractivity contribution in [2.45, 2.75) is 42.5 Å². The first-order valence-electron chi connectivity index (χ1n) is 9.71. The van der Waals surface area contributed by atoms with E-state index in [1.165, 1.54) is 17.3 Å². The molecule has 2 aromatic carbocycles. The van der Waals surface area contributed by atoms with Gasteiger partial charge >= 0.3 is 0 Å². The van der Waals surface area contributed by atoms with Crippen LogP contribution in [0.3, 0.4) is 0 Å². The highest BCUT2D eigenvalue weighted by Crippen LogP contribution is 2.41. The molecule has 1 aliphatic rings. The Labute approximate surface area is 169 Å². The van der Waals surface area contributed by atoms with Crippen molar-refractivity contribution in [1.29, 1.82) is 0 Å². The molecule has 3 aromatic rings. The van der Waals surface area contributed by atoms with E-state index >= 15 is 0 Å². The maximum atomic E-state index is 12.5. The number of carbonyl (C=O) groups is 1. The standard InChI is InChI=1S/C22H24N4OS/c1-16(21(27)23-15-14-17-8-4-2-5-9-17)28-22-25-24-20(18-12-13-18)26(22)19-10-6-3-7-11-19/h2-11,16,18H,12-15H2,1H3,(H,23,27)/t16-/m0/s1. The van der Waals surface area contributed by atoms with E-state index in [4.69, 9.17) is 0 Å². The fourth-order valence-corrected chi connectivity index (χ4v) is 4.01. The minimum absolute atomic E-state index is 0.0246. The van der Waals surface area contributed by atoms with Crippen molar-refractivity contribution < 1.29 is 4.79 Å². The zero-order chi connectivity index (χ0) is 19.3. The topological polar surface area (TPSA) is 59.8 Å². The largest absolute Gasteiger partial charge is 0.355 e. The molecule has 0 saturated heterocycles. The second-order valence-corrected chi connectivity index (χ2v) is 8.38. The van der Waals surface area contributed by atoms with Crippen LogP contribution in [0.25, 0.3) is 5.69 Å². The summed E-state index contributed by atoms with van der Waals surface area (Å²) in [7, 11) is 0. The lowest BCUT2D eigenvalue weighted by Gasteiger charge is -2.14. The molecule has 1 fully saturated rings. The van der Waals surface area contributed by atoms with E-state index in [2.05, 4.69) is 44.3 Å². The number of rotatable bonds is 8. The van der Waals surface area contributed by atoms with Crippen LogP contribution in [-0.2, 0) is 11.2 Å². The Morgan fingerprint density at radius 1 is 1.11 bits per heavy atom. The van der Waals surface area contributed by atoms with E-state index in [1.807, 2.05) is 43.3 Å². The van der Waals surface area contributed by atoms with Gasteiger partial charge in [-0.15, -0.1) is 10.2 Å². The molecular weight excluding hydrogens is 368 g/mol. The molecule has 0 radical (unpaired) electrons. The van der Waals surface area contributed by atoms with Gasteiger partial charge in [0.15, 0.2) is 5.16 Å². The van der Waals surface area contributed by atoms with Crippen molar-refractivity contribution in [3.05, 3.63) is 72.1 Å². The minimum atomic E-state index is -0.241. The number of thioether (sulfide) groups is 1. The van der Waals surface area contributed by atoms with Gasteiger partial charge in [0, 0.05) is 18.2 Å². The smallest absolute Gasteiger partial charge is 0.233 e. The lowest BCUT2D eigenvalue weighted by atomic mass is 10.1. The zero-order valence-corrected chi connectivity index (χ0v) is 16.7. The minimum Gasteiger partial charge on any atom is -0.355 e. The second-order valence-electron chi connectivity index (χ2n) is 7.07. The molecule has 1 aromatic heterocycles. The molecule has 5 nitrogen and oxygen atoms in total. The molecule has 0 unspecified atom stereocenters. The number of hydrogen-bond donors (Lipinski definition) is 1. The van der Waals surface area contributed by atoms with Crippen LogP contribution in [0.1, 0.15) is 37.1 Å². The van der Waals surface area contributed by atoms with Crippen LogP contribution in [0.2, 0.25) is 0 Å². The Hall–Kier alpha value is -2.60. The third-order valence-electron chi connectivity index (χ3n) is 4.82. The fourth-order valence-electron chi connectivity index (χ4n) is 3.11. The van der Waals surface area contributed by atoms with E-state index < -0.39 is 0 Å². The maximum absolute atomic E-state index is 12.5.